The van der Waals surface area contributed by atoms with Crippen molar-refractivity contribution in [1.29, 1.82) is 0 Å². The van der Waals surface area contributed by atoms with E-state index in [1.165, 1.54) is 0 Å². The molecule has 58 valence electrons. The Kier molecular flexibility index (Phi) is 2.11. The molecular weight excluding hydrogens is 148 g/mol. The molecule has 0 spiro atoms. The summed E-state index contributed by atoms with van der Waals surface area (Å²) in [6, 6.07) is 0. The Balaban J connectivity index is 2.19. The van der Waals surface area contributed by atoms with Gasteiger partial charge >= 0.3 is 0 Å². The van der Waals surface area contributed by atoms with Gasteiger partial charge in [0.2, 0.25) is 0 Å². The zero-order chi connectivity index (χ0) is 7.61. The number of hydrogen-bond acceptors (Lipinski definition) is 2. The molecule has 0 aromatic carbocycles. The third kappa shape index (κ3) is 1.82. The van der Waals surface area contributed by atoms with Gasteiger partial charge in [-0.15, -0.1) is 0 Å². The minimum atomic E-state index is 0.101. The van der Waals surface area contributed by atoms with E-state index >= 15 is 0 Å². The van der Waals surface area contributed by atoms with Crippen LogP contribution in [0.4, 0.5) is 0 Å². The maximum absolute atomic E-state index is 8.85. The highest BCUT2D eigenvalue weighted by Crippen LogP contribution is 2.44. The van der Waals surface area contributed by atoms with Gasteiger partial charge in [0.15, 0.2) is 5.11 Å². The van der Waals surface area contributed by atoms with Crippen LogP contribution in [-0.2, 0) is 0 Å². The number of aliphatic hydroxyl groups excluding tert-OH is 1. The lowest BCUT2D eigenvalue weighted by Gasteiger charge is -2.11. The molecule has 1 saturated carbocycles. The van der Waals surface area contributed by atoms with E-state index in [2.05, 4.69) is 17.5 Å². The molecule has 1 rings (SSSR count). The Morgan fingerprint density at radius 2 is 2.30 bits per heavy atom. The summed E-state index contributed by atoms with van der Waals surface area (Å²) in [4.78, 5) is 0. The molecule has 1 fully saturated rings. The Morgan fingerprint density at radius 3 is 2.60 bits per heavy atom. The van der Waals surface area contributed by atoms with Crippen molar-refractivity contribution in [3.8, 4) is 0 Å². The van der Waals surface area contributed by atoms with Crippen molar-refractivity contribution in [2.45, 2.75) is 12.8 Å². The van der Waals surface area contributed by atoms with Crippen LogP contribution in [0, 0.1) is 5.41 Å². The molecule has 0 aromatic heterocycles. The molecule has 0 heterocycles. The molecule has 0 aliphatic heterocycles. The van der Waals surface area contributed by atoms with Crippen LogP contribution in [0.15, 0.2) is 0 Å². The van der Waals surface area contributed by atoms with Gasteiger partial charge in [0, 0.05) is 12.0 Å². The third-order valence-electron chi connectivity index (χ3n) is 1.93. The number of hydrogen-bond donors (Lipinski definition) is 3. The summed E-state index contributed by atoms with van der Waals surface area (Å²) in [6.45, 7) is 0.960. The van der Waals surface area contributed by atoms with Gasteiger partial charge in [-0.3, -0.25) is 0 Å². The Labute approximate surface area is 65.6 Å². The quantitative estimate of drug-likeness (QED) is 0.491. The number of thiocarbonyl (C=S) groups is 1. The zero-order valence-electron chi connectivity index (χ0n) is 5.76. The minimum absolute atomic E-state index is 0.101. The standard InChI is InChI=1S/C6H12N2OS/c7-5(10)8-3-6(4-9)1-2-6/h9H,1-4H2,(H3,7,8,10). The summed E-state index contributed by atoms with van der Waals surface area (Å²) < 4.78 is 0. The van der Waals surface area contributed by atoms with Gasteiger partial charge in [0.25, 0.3) is 0 Å². The molecule has 3 nitrogen and oxygen atoms in total. The Bertz CT molecular complexity index is 145. The van der Waals surface area contributed by atoms with Gasteiger partial charge in [-0.1, -0.05) is 0 Å². The molecule has 4 N–H and O–H groups in total. The van der Waals surface area contributed by atoms with Crippen molar-refractivity contribution in [2.75, 3.05) is 13.2 Å². The molecule has 1 aliphatic rings. The van der Waals surface area contributed by atoms with Gasteiger partial charge in [0.05, 0.1) is 6.61 Å². The van der Waals surface area contributed by atoms with Crippen LogP contribution < -0.4 is 11.1 Å². The maximum Gasteiger partial charge on any atom is 0.163 e. The van der Waals surface area contributed by atoms with E-state index < -0.39 is 0 Å². The largest absolute Gasteiger partial charge is 0.396 e. The smallest absolute Gasteiger partial charge is 0.163 e. The summed E-state index contributed by atoms with van der Waals surface area (Å²) >= 11 is 4.62. The maximum atomic E-state index is 8.85. The molecule has 0 atom stereocenters. The first-order chi connectivity index (χ1) is 4.68. The lowest BCUT2D eigenvalue weighted by molar-refractivity contribution is 0.213. The summed E-state index contributed by atoms with van der Waals surface area (Å²) in [5.74, 6) is 0. The zero-order valence-corrected chi connectivity index (χ0v) is 6.58. The van der Waals surface area contributed by atoms with Crippen LogP contribution in [-0.4, -0.2) is 23.4 Å². The minimum Gasteiger partial charge on any atom is -0.396 e. The van der Waals surface area contributed by atoms with E-state index in [4.69, 9.17) is 10.8 Å². The van der Waals surface area contributed by atoms with Gasteiger partial charge in [-0.25, -0.2) is 0 Å². The second kappa shape index (κ2) is 2.72. The molecule has 1 aliphatic carbocycles. The van der Waals surface area contributed by atoms with Gasteiger partial charge in [-0.2, -0.15) is 0 Å². The van der Waals surface area contributed by atoms with Gasteiger partial charge in [0.1, 0.15) is 0 Å². The lowest BCUT2D eigenvalue weighted by Crippen LogP contribution is -2.35. The first kappa shape index (κ1) is 7.75. The first-order valence-electron chi connectivity index (χ1n) is 3.33. The summed E-state index contributed by atoms with van der Waals surface area (Å²) in [5, 5.41) is 12.0. The highest BCUT2D eigenvalue weighted by Gasteiger charge is 2.41. The highest BCUT2D eigenvalue weighted by atomic mass is 32.1. The van der Waals surface area contributed by atoms with Crippen LogP contribution in [0.2, 0.25) is 0 Å². The van der Waals surface area contributed by atoms with Crippen molar-refractivity contribution in [3.63, 3.8) is 0 Å². The molecule has 0 radical (unpaired) electrons. The van der Waals surface area contributed by atoms with E-state index in [0.717, 1.165) is 19.4 Å². The fourth-order valence-electron chi connectivity index (χ4n) is 0.842. The molecule has 0 unspecified atom stereocenters. The second-order valence-corrected chi connectivity index (χ2v) is 3.32. The topological polar surface area (TPSA) is 58.3 Å². The molecule has 0 amide bonds. The van der Waals surface area contributed by atoms with Gasteiger partial charge in [-0.05, 0) is 25.1 Å². The van der Waals surface area contributed by atoms with E-state index in [0.29, 0.717) is 5.11 Å². The fourth-order valence-corrected chi connectivity index (χ4v) is 0.914. The average molecular weight is 160 g/mol. The van der Waals surface area contributed by atoms with Crippen LogP contribution >= 0.6 is 12.2 Å². The van der Waals surface area contributed by atoms with E-state index in [-0.39, 0.29) is 12.0 Å². The molecule has 10 heavy (non-hydrogen) atoms. The average Bonchev–Trinajstić information content (AvgIpc) is 2.64. The van der Waals surface area contributed by atoms with Crippen molar-refractivity contribution in [1.82, 2.24) is 5.32 Å². The monoisotopic (exact) mass is 160 g/mol. The number of rotatable bonds is 3. The summed E-state index contributed by atoms with van der Waals surface area (Å²) in [6.07, 6.45) is 2.16. The predicted octanol–water partition coefficient (Wildman–Crippen LogP) is -0.408. The molecule has 0 aromatic rings. The molecule has 4 heteroatoms. The fraction of sp³-hybridized carbons (Fsp3) is 0.833. The SMILES string of the molecule is NC(=S)NCC1(CO)CC1. The summed E-state index contributed by atoms with van der Waals surface area (Å²) in [5.41, 5.74) is 5.32. The predicted molar refractivity (Wildman–Crippen MR) is 43.5 cm³/mol. The molecule has 0 saturated heterocycles. The third-order valence-corrected chi connectivity index (χ3v) is 2.07. The summed E-state index contributed by atoms with van der Waals surface area (Å²) in [7, 11) is 0. The molecular formula is C6H12N2OS. The Hall–Kier alpha value is -0.350. The van der Waals surface area contributed by atoms with E-state index in [1.807, 2.05) is 0 Å². The van der Waals surface area contributed by atoms with Crippen molar-refractivity contribution >= 4 is 17.3 Å². The van der Waals surface area contributed by atoms with Gasteiger partial charge < -0.3 is 16.2 Å². The lowest BCUT2D eigenvalue weighted by atomic mass is 10.1. The second-order valence-electron chi connectivity index (χ2n) is 2.88. The van der Waals surface area contributed by atoms with Crippen molar-refractivity contribution in [3.05, 3.63) is 0 Å². The number of nitrogens with two attached hydrogens (primary N) is 1. The Morgan fingerprint density at radius 1 is 1.70 bits per heavy atom. The van der Waals surface area contributed by atoms with Crippen LogP contribution in [0.3, 0.4) is 0 Å². The number of nitrogens with one attached hydrogen (secondary N) is 1. The van der Waals surface area contributed by atoms with E-state index in [1.54, 1.807) is 0 Å². The first-order valence-corrected chi connectivity index (χ1v) is 3.74. The normalized spacial score (nSPS) is 20.1. The van der Waals surface area contributed by atoms with Crippen LogP contribution in [0.1, 0.15) is 12.8 Å². The molecule has 0 bridgehead atoms. The van der Waals surface area contributed by atoms with E-state index in [9.17, 15) is 0 Å². The van der Waals surface area contributed by atoms with Crippen molar-refractivity contribution < 1.29 is 5.11 Å². The highest BCUT2D eigenvalue weighted by molar-refractivity contribution is 7.80. The number of aliphatic hydroxyl groups is 1. The van der Waals surface area contributed by atoms with Crippen LogP contribution in [0.5, 0.6) is 0 Å². The van der Waals surface area contributed by atoms with Crippen molar-refractivity contribution in [2.24, 2.45) is 11.1 Å². The van der Waals surface area contributed by atoms with Crippen LogP contribution in [0.25, 0.3) is 0 Å².